The van der Waals surface area contributed by atoms with E-state index >= 15 is 0 Å². The van der Waals surface area contributed by atoms with Crippen LogP contribution in [-0.4, -0.2) is 74.9 Å². The summed E-state index contributed by atoms with van der Waals surface area (Å²) in [7, 11) is 1.43. The van der Waals surface area contributed by atoms with Gasteiger partial charge in [0.25, 0.3) is 0 Å². The van der Waals surface area contributed by atoms with Crippen LogP contribution >= 0.6 is 7.82 Å². The van der Waals surface area contributed by atoms with E-state index < -0.39 is 26.5 Å². The summed E-state index contributed by atoms with van der Waals surface area (Å²) >= 11 is 0. The molecule has 2 unspecified atom stereocenters. The molecule has 10 heteroatoms. The number of phosphoric acid groups is 1. The normalized spacial score (nSPS) is 14.2. The first-order chi connectivity index (χ1) is 46.0. The molecule has 0 rings (SSSR count). The van der Waals surface area contributed by atoms with Crippen molar-refractivity contribution in [2.75, 3.05) is 47.5 Å². The molecule has 0 aliphatic rings. The van der Waals surface area contributed by atoms with Crippen LogP contribution in [0.15, 0.2) is 194 Å². The zero-order valence-electron chi connectivity index (χ0n) is 60.4. The van der Waals surface area contributed by atoms with Crippen LogP contribution in [0.4, 0.5) is 0 Å². The maximum atomic E-state index is 12.9. The second-order valence-electron chi connectivity index (χ2n) is 25.2. The van der Waals surface area contributed by atoms with E-state index in [0.29, 0.717) is 17.4 Å². The van der Waals surface area contributed by atoms with Crippen LogP contribution in [0.3, 0.4) is 0 Å². The molecule has 0 amide bonds. The maximum Gasteiger partial charge on any atom is 0.472 e. The highest BCUT2D eigenvalue weighted by Gasteiger charge is 2.27. The molecule has 94 heavy (non-hydrogen) atoms. The van der Waals surface area contributed by atoms with Gasteiger partial charge in [-0.15, -0.1) is 0 Å². The fourth-order valence-corrected chi connectivity index (χ4v) is 10.3. The van der Waals surface area contributed by atoms with Crippen LogP contribution in [-0.2, 0) is 32.7 Å². The number of hydrogen-bond acceptors (Lipinski definition) is 7. The Hall–Kier alpha value is -5.15. The second kappa shape index (κ2) is 72.1. The lowest BCUT2D eigenvalue weighted by Gasteiger charge is -2.24. The molecule has 0 radical (unpaired) electrons. The molecule has 0 saturated heterocycles. The Morgan fingerprint density at radius 3 is 0.872 bits per heavy atom. The van der Waals surface area contributed by atoms with Gasteiger partial charge in [-0.05, 0) is 141 Å². The van der Waals surface area contributed by atoms with Gasteiger partial charge in [0.05, 0.1) is 27.7 Å². The van der Waals surface area contributed by atoms with Crippen LogP contribution < -0.4 is 0 Å². The quantitative estimate of drug-likeness (QED) is 0.0211. The van der Waals surface area contributed by atoms with Crippen LogP contribution in [0.5, 0.6) is 0 Å². The molecule has 0 heterocycles. The first kappa shape index (κ1) is 88.8. The molecule has 0 spiro atoms. The van der Waals surface area contributed by atoms with E-state index in [1.807, 2.05) is 21.1 Å². The van der Waals surface area contributed by atoms with Gasteiger partial charge >= 0.3 is 19.8 Å². The summed E-state index contributed by atoms with van der Waals surface area (Å²) in [5.74, 6) is -0.856. The van der Waals surface area contributed by atoms with Gasteiger partial charge in [-0.3, -0.25) is 18.6 Å². The van der Waals surface area contributed by atoms with E-state index in [4.69, 9.17) is 18.5 Å². The van der Waals surface area contributed by atoms with Gasteiger partial charge in [-0.1, -0.05) is 311 Å². The fraction of sp³-hybridized carbons (Fsp3) is 0.595. The molecule has 0 aliphatic carbocycles. The Morgan fingerprint density at radius 1 is 0.330 bits per heavy atom. The summed E-state index contributed by atoms with van der Waals surface area (Å²) in [4.78, 5) is 35.9. The summed E-state index contributed by atoms with van der Waals surface area (Å²) in [5.41, 5.74) is 0. The van der Waals surface area contributed by atoms with Crippen molar-refractivity contribution >= 4 is 19.8 Å². The van der Waals surface area contributed by atoms with Gasteiger partial charge in [0.2, 0.25) is 0 Å². The minimum Gasteiger partial charge on any atom is -0.462 e. The first-order valence-corrected chi connectivity index (χ1v) is 38.7. The number of esters is 2. The third-order valence-electron chi connectivity index (χ3n) is 15.1. The number of allylic oxidation sites excluding steroid dienone is 32. The Bertz CT molecular complexity index is 2290. The average Bonchev–Trinajstić information content (AvgIpc) is 1.56. The van der Waals surface area contributed by atoms with E-state index in [-0.39, 0.29) is 32.0 Å². The van der Waals surface area contributed by atoms with E-state index in [1.54, 1.807) is 0 Å². The summed E-state index contributed by atoms with van der Waals surface area (Å²) in [6.07, 6.45) is 113. The standard InChI is InChI=1S/C84H136NO8P/c1-6-8-10-12-14-16-18-20-22-24-26-28-30-32-34-36-38-40-41-42-43-45-46-48-50-52-54-56-58-60-62-64-66-68-70-72-74-76-83(86)90-80-82(81-92-94(88,89)91-79-78-85(3,4)5)93-84(87)77-75-73-71-69-67-65-63-61-59-57-55-53-51-49-47-44-39-37-35-33-31-29-27-25-23-21-19-17-15-13-11-9-7-2/h8-11,14-17,20-23,26-29,32-35,38-40,44,49,51,55,57,61,63,67,69,82H,6-7,12-13,18-19,24-25,30-31,36-37,41-43,45-48,50,52-54,56,58-60,62,64-66,68,70-81H2,1-5H3/p+1/b10-8-,11-9-,16-14-,17-15-,22-20-,23-21-,28-26-,29-27-,34-32-,35-33-,40-38-,44-39-,51-49-,57-55-,63-61-,69-67-. The van der Waals surface area contributed by atoms with Crippen LogP contribution in [0, 0.1) is 0 Å². The van der Waals surface area contributed by atoms with Crippen molar-refractivity contribution in [3.05, 3.63) is 194 Å². The smallest absolute Gasteiger partial charge is 0.462 e. The lowest BCUT2D eigenvalue weighted by atomic mass is 10.0. The van der Waals surface area contributed by atoms with Crippen molar-refractivity contribution in [1.29, 1.82) is 0 Å². The molecule has 0 bridgehead atoms. The number of hydrogen-bond donors (Lipinski definition) is 1. The number of ether oxygens (including phenoxy) is 2. The molecule has 9 nitrogen and oxygen atoms in total. The van der Waals surface area contributed by atoms with E-state index in [2.05, 4.69) is 208 Å². The van der Waals surface area contributed by atoms with Crippen molar-refractivity contribution in [3.63, 3.8) is 0 Å². The fourth-order valence-electron chi connectivity index (χ4n) is 9.52. The third-order valence-corrected chi connectivity index (χ3v) is 16.1. The van der Waals surface area contributed by atoms with Gasteiger partial charge in [-0.2, -0.15) is 0 Å². The summed E-state index contributed by atoms with van der Waals surface area (Å²) < 4.78 is 34.7. The molecule has 0 aromatic carbocycles. The number of likely N-dealkylation sites (N-methyl/N-ethyl adjacent to an activating group) is 1. The predicted molar refractivity (Wildman–Crippen MR) is 408 cm³/mol. The molecule has 0 fully saturated rings. The summed E-state index contributed by atoms with van der Waals surface area (Å²) in [6.45, 7) is 4.15. The minimum absolute atomic E-state index is 0.0138. The number of carbonyl (C=O) groups excluding carboxylic acids is 2. The number of rotatable bonds is 66. The number of phosphoric ester groups is 1. The highest BCUT2D eigenvalue weighted by Crippen LogP contribution is 2.43. The molecule has 0 saturated carbocycles. The SMILES string of the molecule is CC/C=C\C/C=C\C/C=C\C/C=C\C/C=C\C/C=C\C/C=C\C/C=C\C/C=C\C/C=C\CCCCC(=O)OC(COC(=O)CCCCCCCCCCCCCCCCCCCC/C=C\C/C=C\C/C=C\C/C=C\C/C=C\C/C=C\CC)COP(=O)(O)OCC[N+](C)(C)C. The Kier molecular flexibility index (Phi) is 68.2. The Balaban J connectivity index is 4.13. The number of quaternary nitrogens is 1. The molecule has 0 aliphatic heterocycles. The lowest BCUT2D eigenvalue weighted by molar-refractivity contribution is -0.870. The maximum absolute atomic E-state index is 12.9. The minimum atomic E-state index is -4.42. The first-order valence-electron chi connectivity index (χ1n) is 37.2. The van der Waals surface area contributed by atoms with Crippen molar-refractivity contribution in [2.45, 2.75) is 277 Å². The largest absolute Gasteiger partial charge is 0.472 e. The van der Waals surface area contributed by atoms with Gasteiger partial charge in [0, 0.05) is 12.8 Å². The molecule has 0 aromatic rings. The number of nitrogens with zero attached hydrogens (tertiary/aromatic N) is 1. The van der Waals surface area contributed by atoms with E-state index in [1.165, 1.54) is 103 Å². The molecular weight excluding hydrogens is 1180 g/mol. The van der Waals surface area contributed by atoms with Gasteiger partial charge < -0.3 is 18.9 Å². The monoisotopic (exact) mass is 1320 g/mol. The van der Waals surface area contributed by atoms with Crippen molar-refractivity contribution in [1.82, 2.24) is 0 Å². The van der Waals surface area contributed by atoms with E-state index in [0.717, 1.165) is 135 Å². The average molecular weight is 1320 g/mol. The molecular formula is C84H137NO8P+. The molecule has 1 N–H and O–H groups in total. The zero-order chi connectivity index (χ0) is 68.3. The molecule has 2 atom stereocenters. The topological polar surface area (TPSA) is 108 Å². The highest BCUT2D eigenvalue weighted by atomic mass is 31.2. The van der Waals surface area contributed by atoms with Gasteiger partial charge in [-0.25, -0.2) is 4.57 Å². The molecule has 530 valence electrons. The van der Waals surface area contributed by atoms with Gasteiger partial charge in [0.1, 0.15) is 19.8 Å². The van der Waals surface area contributed by atoms with Crippen LogP contribution in [0.25, 0.3) is 0 Å². The van der Waals surface area contributed by atoms with Crippen LogP contribution in [0.2, 0.25) is 0 Å². The lowest BCUT2D eigenvalue weighted by Crippen LogP contribution is -2.37. The Morgan fingerprint density at radius 2 is 0.574 bits per heavy atom. The molecule has 0 aromatic heterocycles. The van der Waals surface area contributed by atoms with Crippen molar-refractivity contribution in [2.24, 2.45) is 0 Å². The van der Waals surface area contributed by atoms with Crippen molar-refractivity contribution in [3.8, 4) is 0 Å². The highest BCUT2D eigenvalue weighted by molar-refractivity contribution is 7.47. The number of unbranched alkanes of at least 4 members (excludes halogenated alkanes) is 20. The van der Waals surface area contributed by atoms with Crippen molar-refractivity contribution < 1.29 is 42.1 Å². The number of carbonyl (C=O) groups is 2. The predicted octanol–water partition coefficient (Wildman–Crippen LogP) is 24.8. The zero-order valence-corrected chi connectivity index (χ0v) is 61.3. The third kappa shape index (κ3) is 75.9. The second-order valence-corrected chi connectivity index (χ2v) is 26.7. The summed E-state index contributed by atoms with van der Waals surface area (Å²) in [6, 6.07) is 0. The van der Waals surface area contributed by atoms with Gasteiger partial charge in [0.15, 0.2) is 6.10 Å². The summed E-state index contributed by atoms with van der Waals surface area (Å²) in [5, 5.41) is 0. The van der Waals surface area contributed by atoms with E-state index in [9.17, 15) is 19.0 Å². The van der Waals surface area contributed by atoms with Crippen LogP contribution in [0.1, 0.15) is 271 Å². The Labute approximate surface area is 577 Å².